The molecule has 7 nitrogen and oxygen atoms in total. The van der Waals surface area contributed by atoms with Gasteiger partial charge in [-0.2, -0.15) is 0 Å². The molecular formula is C18H35N5O2. The Hall–Kier alpha value is -1.34. The average Bonchev–Trinajstić information content (AvgIpc) is 3.06. The number of carbonyl (C=O) groups is 1. The number of amides is 1. The van der Waals surface area contributed by atoms with Crippen LogP contribution in [0.1, 0.15) is 25.7 Å². The monoisotopic (exact) mass is 353 g/mol. The Kier molecular flexibility index (Phi) is 8.48. The first-order valence-electron chi connectivity index (χ1n) is 9.55. The molecule has 2 saturated heterocycles. The molecule has 2 rings (SSSR count). The van der Waals surface area contributed by atoms with Gasteiger partial charge in [-0.05, 0) is 38.3 Å². The van der Waals surface area contributed by atoms with Gasteiger partial charge in [0, 0.05) is 47.4 Å². The Balaban J connectivity index is 1.87. The predicted molar refractivity (Wildman–Crippen MR) is 101 cm³/mol. The largest absolute Gasteiger partial charge is 0.383 e. The number of hydrogen-bond donors (Lipinski definition) is 1. The van der Waals surface area contributed by atoms with Gasteiger partial charge in [-0.15, -0.1) is 0 Å². The lowest BCUT2D eigenvalue weighted by molar-refractivity contribution is -0.127. The number of nitrogens with zero attached hydrogens (tertiary/aromatic N) is 4. The second kappa shape index (κ2) is 10.6. The van der Waals surface area contributed by atoms with Crippen LogP contribution in [0, 0.1) is 5.92 Å². The van der Waals surface area contributed by atoms with E-state index in [2.05, 4.69) is 20.1 Å². The molecule has 2 aliphatic rings. The van der Waals surface area contributed by atoms with E-state index in [0.717, 1.165) is 19.0 Å². The minimum absolute atomic E-state index is 0.0232. The zero-order valence-electron chi connectivity index (χ0n) is 16.2. The SMILES string of the molecule is COCCNC(=NCC(=O)N(C)C)N1CCC(CN2CCCCC2)C1. The molecule has 7 heteroatoms. The van der Waals surface area contributed by atoms with Gasteiger partial charge in [0.15, 0.2) is 5.96 Å². The third kappa shape index (κ3) is 6.82. The molecule has 1 amide bonds. The lowest BCUT2D eigenvalue weighted by Gasteiger charge is -2.29. The van der Waals surface area contributed by atoms with Crippen LogP contribution in [0.2, 0.25) is 0 Å². The van der Waals surface area contributed by atoms with Crippen molar-refractivity contribution in [2.24, 2.45) is 10.9 Å². The van der Waals surface area contributed by atoms with Gasteiger partial charge in [0.25, 0.3) is 0 Å². The molecule has 2 heterocycles. The lowest BCUT2D eigenvalue weighted by Crippen LogP contribution is -2.43. The maximum Gasteiger partial charge on any atom is 0.243 e. The summed E-state index contributed by atoms with van der Waals surface area (Å²) in [6, 6.07) is 0. The van der Waals surface area contributed by atoms with Gasteiger partial charge < -0.3 is 24.8 Å². The number of rotatable bonds is 7. The normalized spacial score (nSPS) is 22.3. The van der Waals surface area contributed by atoms with Gasteiger partial charge in [0.05, 0.1) is 6.61 Å². The number of hydrogen-bond acceptors (Lipinski definition) is 4. The molecule has 0 aromatic heterocycles. The quantitative estimate of drug-likeness (QED) is 0.410. The van der Waals surface area contributed by atoms with Crippen molar-refractivity contribution in [1.82, 2.24) is 20.0 Å². The van der Waals surface area contributed by atoms with Gasteiger partial charge in [-0.25, -0.2) is 4.99 Å². The Morgan fingerprint density at radius 3 is 2.68 bits per heavy atom. The van der Waals surface area contributed by atoms with E-state index in [4.69, 9.17) is 4.74 Å². The number of ether oxygens (including phenoxy) is 1. The zero-order chi connectivity index (χ0) is 18.1. The van der Waals surface area contributed by atoms with Crippen LogP contribution in [-0.4, -0.2) is 100 Å². The van der Waals surface area contributed by atoms with Crippen LogP contribution in [0.4, 0.5) is 0 Å². The minimum atomic E-state index is 0.0232. The second-order valence-electron chi connectivity index (χ2n) is 7.31. The van der Waals surface area contributed by atoms with Crippen LogP contribution in [0.15, 0.2) is 4.99 Å². The summed E-state index contributed by atoms with van der Waals surface area (Å²) in [4.78, 5) is 22.9. The summed E-state index contributed by atoms with van der Waals surface area (Å²) in [5.41, 5.74) is 0. The standard InChI is InChI=1S/C18H35N5O2/c1-21(2)17(24)13-20-18(19-8-12-25-3)23-11-7-16(15-23)14-22-9-5-4-6-10-22/h16H,4-15H2,1-3H3,(H,19,20). The first kappa shape index (κ1) is 20.0. The van der Waals surface area contributed by atoms with Gasteiger partial charge in [0.1, 0.15) is 6.54 Å². The highest BCUT2D eigenvalue weighted by molar-refractivity contribution is 5.85. The number of carbonyl (C=O) groups excluding carboxylic acids is 1. The molecular weight excluding hydrogens is 318 g/mol. The molecule has 1 N–H and O–H groups in total. The molecule has 0 aromatic rings. The molecule has 144 valence electrons. The molecule has 0 spiro atoms. The molecule has 0 radical (unpaired) electrons. The van der Waals surface area contributed by atoms with Crippen molar-refractivity contribution in [2.45, 2.75) is 25.7 Å². The van der Waals surface area contributed by atoms with Gasteiger partial charge in [-0.1, -0.05) is 6.42 Å². The fourth-order valence-corrected chi connectivity index (χ4v) is 3.50. The fourth-order valence-electron chi connectivity index (χ4n) is 3.50. The molecule has 1 unspecified atom stereocenters. The fraction of sp³-hybridized carbons (Fsp3) is 0.889. The first-order valence-corrected chi connectivity index (χ1v) is 9.55. The van der Waals surface area contributed by atoms with Crippen LogP contribution in [0.25, 0.3) is 0 Å². The Bertz CT molecular complexity index is 435. The zero-order valence-corrected chi connectivity index (χ0v) is 16.2. The molecule has 0 aliphatic carbocycles. The number of nitrogens with one attached hydrogen (secondary N) is 1. The summed E-state index contributed by atoms with van der Waals surface area (Å²) in [5, 5.41) is 3.35. The van der Waals surface area contributed by atoms with Crippen LogP contribution >= 0.6 is 0 Å². The Morgan fingerprint density at radius 2 is 2.00 bits per heavy atom. The first-order chi connectivity index (χ1) is 12.1. The summed E-state index contributed by atoms with van der Waals surface area (Å²) in [6.07, 6.45) is 5.26. The second-order valence-corrected chi connectivity index (χ2v) is 7.31. The van der Waals surface area contributed by atoms with Crippen LogP contribution < -0.4 is 5.32 Å². The van der Waals surface area contributed by atoms with Gasteiger partial charge in [-0.3, -0.25) is 4.79 Å². The van der Waals surface area contributed by atoms with Crippen molar-refractivity contribution in [3.05, 3.63) is 0 Å². The number of methoxy groups -OCH3 is 1. The van der Waals surface area contributed by atoms with Crippen LogP contribution in [-0.2, 0) is 9.53 Å². The van der Waals surface area contributed by atoms with Crippen molar-refractivity contribution < 1.29 is 9.53 Å². The van der Waals surface area contributed by atoms with Gasteiger partial charge in [0.2, 0.25) is 5.91 Å². The molecule has 25 heavy (non-hydrogen) atoms. The van der Waals surface area contributed by atoms with Crippen molar-refractivity contribution in [3.63, 3.8) is 0 Å². The summed E-state index contributed by atoms with van der Waals surface area (Å²) in [5.74, 6) is 1.56. The molecule has 1 atom stereocenters. The summed E-state index contributed by atoms with van der Waals surface area (Å²) in [6.45, 7) is 7.25. The molecule has 2 fully saturated rings. The molecule has 2 aliphatic heterocycles. The number of likely N-dealkylation sites (N-methyl/N-ethyl adjacent to an activating group) is 1. The summed E-state index contributed by atoms with van der Waals surface area (Å²) in [7, 11) is 5.22. The topological polar surface area (TPSA) is 60.4 Å². The summed E-state index contributed by atoms with van der Waals surface area (Å²) < 4.78 is 5.12. The van der Waals surface area contributed by atoms with E-state index < -0.39 is 0 Å². The van der Waals surface area contributed by atoms with Crippen molar-refractivity contribution >= 4 is 11.9 Å². The Morgan fingerprint density at radius 1 is 1.24 bits per heavy atom. The van der Waals surface area contributed by atoms with Crippen molar-refractivity contribution in [2.75, 3.05) is 73.6 Å². The number of aliphatic imine (C=N–C) groups is 1. The van der Waals surface area contributed by atoms with E-state index >= 15 is 0 Å². The highest BCUT2D eigenvalue weighted by Crippen LogP contribution is 2.19. The third-order valence-electron chi connectivity index (χ3n) is 5.00. The average molecular weight is 354 g/mol. The maximum absolute atomic E-state index is 11.9. The Labute approximate surface area is 152 Å². The highest BCUT2D eigenvalue weighted by Gasteiger charge is 2.27. The highest BCUT2D eigenvalue weighted by atomic mass is 16.5. The van der Waals surface area contributed by atoms with E-state index in [1.54, 1.807) is 26.1 Å². The van der Waals surface area contributed by atoms with Crippen molar-refractivity contribution in [3.8, 4) is 0 Å². The van der Waals surface area contributed by atoms with E-state index in [0.29, 0.717) is 19.1 Å². The van der Waals surface area contributed by atoms with Crippen LogP contribution in [0.3, 0.4) is 0 Å². The molecule has 0 saturated carbocycles. The number of likely N-dealkylation sites (tertiary alicyclic amines) is 2. The maximum atomic E-state index is 11.9. The third-order valence-corrected chi connectivity index (χ3v) is 5.00. The van der Waals surface area contributed by atoms with E-state index in [1.165, 1.54) is 45.3 Å². The van der Waals surface area contributed by atoms with Crippen molar-refractivity contribution in [1.29, 1.82) is 0 Å². The predicted octanol–water partition coefficient (Wildman–Crippen LogP) is 0.474. The van der Waals surface area contributed by atoms with E-state index in [1.807, 2.05) is 0 Å². The minimum Gasteiger partial charge on any atom is -0.383 e. The number of piperidine rings is 1. The van der Waals surface area contributed by atoms with E-state index in [9.17, 15) is 4.79 Å². The number of guanidine groups is 1. The lowest BCUT2D eigenvalue weighted by atomic mass is 10.1. The summed E-state index contributed by atoms with van der Waals surface area (Å²) >= 11 is 0. The van der Waals surface area contributed by atoms with Gasteiger partial charge >= 0.3 is 0 Å². The molecule has 0 aromatic carbocycles. The smallest absolute Gasteiger partial charge is 0.243 e. The molecule has 0 bridgehead atoms. The van der Waals surface area contributed by atoms with E-state index in [-0.39, 0.29) is 12.5 Å². The van der Waals surface area contributed by atoms with Crippen LogP contribution in [0.5, 0.6) is 0 Å².